The maximum Gasteiger partial charge on any atom is 0.407 e. The number of aliphatic hydroxyl groups excluding tert-OH is 2. The summed E-state index contributed by atoms with van der Waals surface area (Å²) in [6.07, 6.45) is 8.06. The van der Waals surface area contributed by atoms with Crippen LogP contribution >= 0.6 is 23.5 Å². The fraction of sp³-hybridized carbons (Fsp3) is 0.904. The van der Waals surface area contributed by atoms with Crippen LogP contribution in [-0.4, -0.2) is 154 Å². The number of hydrogen-bond acceptors (Lipinski definition) is 11. The van der Waals surface area contributed by atoms with Crippen molar-refractivity contribution in [2.75, 3.05) is 26.5 Å². The van der Waals surface area contributed by atoms with Gasteiger partial charge in [0.2, 0.25) is 11.8 Å². The molecule has 7 amide bonds. The highest BCUT2D eigenvalue weighted by molar-refractivity contribution is 8.02. The largest absolute Gasteiger partial charge is 0.447 e. The highest BCUT2D eigenvalue weighted by Gasteiger charge is 2.15. The first-order chi connectivity index (χ1) is 41.3. The fourth-order valence-corrected chi connectivity index (χ4v) is 7.54. The van der Waals surface area contributed by atoms with Crippen molar-refractivity contribution in [3.05, 3.63) is 11.5 Å². The third kappa shape index (κ3) is 109. The normalized spacial score (nSPS) is 11.7. The number of alkyl carbamates (subject to hydrolysis) is 1. The second-order valence-electron chi connectivity index (χ2n) is 29.1. The molecule has 0 aromatic rings. The zero-order valence-electron chi connectivity index (χ0n) is 66.8. The van der Waals surface area contributed by atoms with Crippen LogP contribution in [0.25, 0.3) is 0 Å². The molecule has 0 radical (unpaired) electrons. The predicted octanol–water partition coefficient (Wildman–Crippen LogP) is 18.3. The van der Waals surface area contributed by atoms with Gasteiger partial charge in [-0.25, -0.2) is 14.4 Å². The summed E-state index contributed by atoms with van der Waals surface area (Å²) >= 11 is 3.94. The molecule has 0 aliphatic rings. The van der Waals surface area contributed by atoms with Gasteiger partial charge in [-0.1, -0.05) is 131 Å². The van der Waals surface area contributed by atoms with Crippen LogP contribution in [-0.2, 0) is 19.1 Å². The summed E-state index contributed by atoms with van der Waals surface area (Å²) in [5.41, 5.74) is 0. The van der Waals surface area contributed by atoms with Gasteiger partial charge in [-0.3, -0.25) is 9.59 Å². The van der Waals surface area contributed by atoms with Crippen molar-refractivity contribution in [3.8, 4) is 0 Å². The van der Waals surface area contributed by atoms with Gasteiger partial charge in [0.25, 0.3) is 0 Å². The fourth-order valence-electron chi connectivity index (χ4n) is 5.75. The van der Waals surface area contributed by atoms with Gasteiger partial charge in [0.05, 0.1) is 31.0 Å². The van der Waals surface area contributed by atoms with Gasteiger partial charge in [-0.15, -0.1) is 11.8 Å². The quantitative estimate of drug-likeness (QED) is 0.0392. The van der Waals surface area contributed by atoms with E-state index in [0.29, 0.717) is 30.4 Å². The van der Waals surface area contributed by atoms with E-state index in [4.69, 9.17) is 9.47 Å². The summed E-state index contributed by atoms with van der Waals surface area (Å²) in [6.45, 7) is 73.9. The lowest BCUT2D eigenvalue weighted by molar-refractivity contribution is -0.134. The summed E-state index contributed by atoms with van der Waals surface area (Å²) in [5, 5.41) is 36.3. The number of aliphatic hydroxyl groups is 2. The summed E-state index contributed by atoms with van der Waals surface area (Å²) in [6, 6.07) is 1.51. The summed E-state index contributed by atoms with van der Waals surface area (Å²) in [4.78, 5) is 58.3. The number of amides is 7. The molecule has 2 atom stereocenters. The van der Waals surface area contributed by atoms with Gasteiger partial charge < -0.3 is 56.1 Å². The lowest BCUT2D eigenvalue weighted by Gasteiger charge is -2.23. The zero-order valence-corrected chi connectivity index (χ0v) is 68.5. The maximum absolute atomic E-state index is 11.2. The van der Waals surface area contributed by atoms with Gasteiger partial charge in [-0.2, -0.15) is 11.8 Å². The van der Waals surface area contributed by atoms with E-state index < -0.39 is 0 Å². The molecule has 2 unspecified atom stereocenters. The molecule has 0 saturated heterocycles. The average molecular weight is 1340 g/mol. The predicted molar refractivity (Wildman–Crippen MR) is 404 cm³/mol. The number of ether oxygens (including phenoxy) is 2. The number of carbonyl (C=O) groups excluding carboxylic acids is 5. The molecule has 0 bridgehead atoms. The highest BCUT2D eigenvalue weighted by Crippen LogP contribution is 2.15. The van der Waals surface area contributed by atoms with Crippen LogP contribution in [0.3, 0.4) is 0 Å². The summed E-state index contributed by atoms with van der Waals surface area (Å²) in [7, 11) is 3.63. The van der Waals surface area contributed by atoms with Crippen molar-refractivity contribution in [1.29, 1.82) is 0 Å². The van der Waals surface area contributed by atoms with Crippen molar-refractivity contribution >= 4 is 53.5 Å². The smallest absolute Gasteiger partial charge is 0.407 e. The van der Waals surface area contributed by atoms with Crippen LogP contribution in [0.5, 0.6) is 0 Å². The van der Waals surface area contributed by atoms with Crippen LogP contribution in [0.1, 0.15) is 288 Å². The Morgan fingerprint density at radius 1 is 0.440 bits per heavy atom. The van der Waals surface area contributed by atoms with Crippen LogP contribution < -0.4 is 26.6 Å². The lowest BCUT2D eigenvalue weighted by Crippen LogP contribution is -2.43. The molecule has 0 aromatic carbocycles. The number of nitrogens with one attached hydrogen (secondary N) is 5. The second kappa shape index (κ2) is 68.5. The van der Waals surface area contributed by atoms with Gasteiger partial charge in [0.1, 0.15) is 0 Å². The Labute approximate surface area is 575 Å². The monoisotopic (exact) mass is 1340 g/mol. The number of urea groups is 2. The number of carbonyl (C=O) groups is 5. The maximum atomic E-state index is 11.2. The van der Waals surface area contributed by atoms with Gasteiger partial charge in [0, 0.05) is 73.5 Å². The molecule has 0 saturated carbocycles. The first-order valence-electron chi connectivity index (χ1n) is 34.8. The molecule has 7 N–H and O–H groups in total. The van der Waals surface area contributed by atoms with Crippen LogP contribution in [0.4, 0.5) is 14.4 Å². The third-order valence-electron chi connectivity index (χ3n) is 11.1. The van der Waals surface area contributed by atoms with Crippen molar-refractivity contribution < 1.29 is 43.7 Å². The minimum absolute atomic E-state index is 0.00463. The lowest BCUT2D eigenvalue weighted by atomic mass is 9.99. The molecule has 16 nitrogen and oxygen atoms in total. The number of thioether (sulfide) groups is 2. The Morgan fingerprint density at radius 3 is 1.10 bits per heavy atom. The molecule has 0 heterocycles. The topological polar surface area (TPSA) is 211 Å². The molecule has 0 spiro atoms. The Morgan fingerprint density at radius 2 is 0.835 bits per heavy atom. The number of allylic oxidation sites excluding steroid dienone is 1. The zero-order chi connectivity index (χ0) is 74.0. The Kier molecular flexibility index (Phi) is 80.3. The van der Waals surface area contributed by atoms with E-state index in [2.05, 4.69) is 147 Å². The molecule has 0 aromatic heterocycles. The van der Waals surface area contributed by atoms with Crippen LogP contribution in [0.15, 0.2) is 11.5 Å². The standard InChI is InChI=1S/C10H22O2.C10H22O.C8H18N2O.C8H17NO.C8H18S.C8H16S.C7H16N2O.C7H15NO2.C7H15NO/c1-8(2)5-6-10(11)7-12-9(3)4;1-8(2)5-6-10(11)7-9(3)4;1-6(2)9-8(11)10(5)7(3)4;1-6(2)8(10)9(5)7(3)4;2*1-7(2)5-6-9-8(3)4;1-5(2)8-7(10)9-6(3)4;1-5(2)8-7(9)10-6(3)4;1-5(2)7(9)8-6(3)4/h8-11H,5-7H2,1-4H3;8-11H,5-7H2,1-4H3;6-7H,1-5H3,(H,9,11);6-7H,1-5H3;7-8H,5-6H2,1-4H3;5-8H,1-4H3;5-6H,1-4H3,(H2,8,9,10);5-6H,1-4H3,(H,8,9);5-6H,1-4H3,(H,8,9)/b;;;;;6-5+;;;. The molecular formula is C73H159N7O9S2. The average Bonchev–Trinajstić information content (AvgIpc) is 3.49. The minimum Gasteiger partial charge on any atom is -0.447 e. The highest BCUT2D eigenvalue weighted by atomic mass is 32.2. The summed E-state index contributed by atoms with van der Waals surface area (Å²) < 4.78 is 10.1. The van der Waals surface area contributed by atoms with Crippen molar-refractivity contribution in [2.24, 2.45) is 41.4 Å². The van der Waals surface area contributed by atoms with Gasteiger partial charge in [0.15, 0.2) is 0 Å². The van der Waals surface area contributed by atoms with E-state index in [0.717, 1.165) is 54.4 Å². The number of rotatable bonds is 28. The number of nitrogens with zero attached hydrogens (tertiary/aromatic N) is 2. The van der Waals surface area contributed by atoms with Crippen molar-refractivity contribution in [3.63, 3.8) is 0 Å². The van der Waals surface area contributed by atoms with E-state index in [1.165, 1.54) is 12.2 Å². The second-order valence-corrected chi connectivity index (χ2v) is 32.3. The first kappa shape index (κ1) is 107. The molecule has 0 aliphatic heterocycles. The molecular weight excluding hydrogens is 1180 g/mol. The van der Waals surface area contributed by atoms with E-state index in [1.54, 1.807) is 16.8 Å². The Balaban J connectivity index is -0.000000119. The SMILES string of the molecule is CC(C)/C=C/SC(C)C.CC(C)C(=O)N(C)C(C)C.CC(C)CCC(O)CC(C)C.CC(C)CCC(O)COC(C)C.CC(C)CCSC(C)C.CC(C)NC(=O)C(C)C.CC(C)NC(=O)N(C)C(C)C.CC(C)NC(=O)NC(C)C.CC(C)NC(=O)OC(C)C. The molecule has 91 heavy (non-hydrogen) atoms. The van der Waals surface area contributed by atoms with Crippen LogP contribution in [0, 0.1) is 41.4 Å². The van der Waals surface area contributed by atoms with Gasteiger partial charge in [-0.05, 0) is 209 Å². The van der Waals surface area contributed by atoms with E-state index in [-0.39, 0.29) is 102 Å². The van der Waals surface area contributed by atoms with Gasteiger partial charge >= 0.3 is 18.2 Å². The minimum atomic E-state index is -0.343. The third-order valence-corrected chi connectivity index (χ3v) is 13.1. The molecule has 0 fully saturated rings. The van der Waals surface area contributed by atoms with E-state index in [1.807, 2.05) is 171 Å². The van der Waals surface area contributed by atoms with E-state index >= 15 is 0 Å². The van der Waals surface area contributed by atoms with Crippen LogP contribution in [0.2, 0.25) is 0 Å². The Bertz CT molecular complexity index is 1580. The number of hydrogen-bond donors (Lipinski definition) is 7. The van der Waals surface area contributed by atoms with Crippen molar-refractivity contribution in [1.82, 2.24) is 36.4 Å². The molecule has 0 rings (SSSR count). The molecule has 552 valence electrons. The van der Waals surface area contributed by atoms with Crippen molar-refractivity contribution in [2.45, 2.75) is 365 Å². The first-order valence-corrected chi connectivity index (χ1v) is 36.8. The summed E-state index contributed by atoms with van der Waals surface area (Å²) in [5.74, 6) is 5.47. The van der Waals surface area contributed by atoms with E-state index in [9.17, 15) is 34.2 Å². The molecule has 18 heteroatoms. The Hall–Kier alpha value is -2.93. The molecule has 0 aliphatic carbocycles.